The first-order valence-electron chi connectivity index (χ1n) is 6.17. The van der Waals surface area contributed by atoms with Gasteiger partial charge in [0.1, 0.15) is 0 Å². The first-order chi connectivity index (χ1) is 7.63. The van der Waals surface area contributed by atoms with Crippen molar-refractivity contribution >= 4 is 5.69 Å². The van der Waals surface area contributed by atoms with Crippen LogP contribution in [0.2, 0.25) is 0 Å². The Morgan fingerprint density at radius 2 is 1.81 bits per heavy atom. The average molecular weight is 221 g/mol. The molecule has 2 heteroatoms. The molecule has 0 fully saturated rings. The summed E-state index contributed by atoms with van der Waals surface area (Å²) in [5.41, 5.74) is 2.46. The second kappa shape index (κ2) is 6.54. The fourth-order valence-electron chi connectivity index (χ4n) is 1.53. The normalized spacial score (nSPS) is 14.5. The van der Waals surface area contributed by atoms with Crippen LogP contribution < -0.4 is 5.32 Å². The molecule has 0 aromatic heterocycles. The standard InChI is InChI=1S/C14H23NO/c1-4-5-6-13-7-9-14(10-8-13)15-11(2)12(3)16/h7-12,15-16H,4-6H2,1-3H3. The fraction of sp³-hybridized carbons (Fsp3) is 0.571. The lowest BCUT2D eigenvalue weighted by atomic mass is 10.1. The van der Waals surface area contributed by atoms with Gasteiger partial charge in [0, 0.05) is 11.7 Å². The Morgan fingerprint density at radius 1 is 1.19 bits per heavy atom. The molecular formula is C14H23NO. The maximum absolute atomic E-state index is 9.39. The molecule has 1 rings (SSSR count). The van der Waals surface area contributed by atoms with Crippen molar-refractivity contribution in [1.82, 2.24) is 0 Å². The molecule has 1 aromatic carbocycles. The van der Waals surface area contributed by atoms with Gasteiger partial charge in [-0.1, -0.05) is 25.5 Å². The number of anilines is 1. The second-order valence-electron chi connectivity index (χ2n) is 4.47. The molecule has 2 atom stereocenters. The van der Waals surface area contributed by atoms with Gasteiger partial charge in [0.2, 0.25) is 0 Å². The predicted octanol–water partition coefficient (Wildman–Crippen LogP) is 3.21. The summed E-state index contributed by atoms with van der Waals surface area (Å²) in [5, 5.41) is 12.7. The summed E-state index contributed by atoms with van der Waals surface area (Å²) in [6.45, 7) is 5.99. The Kier molecular flexibility index (Phi) is 5.33. The van der Waals surface area contributed by atoms with Gasteiger partial charge in [-0.2, -0.15) is 0 Å². The SMILES string of the molecule is CCCCc1ccc(NC(C)C(C)O)cc1. The molecule has 0 amide bonds. The molecule has 0 heterocycles. The van der Waals surface area contributed by atoms with Gasteiger partial charge in [0.05, 0.1) is 6.10 Å². The van der Waals surface area contributed by atoms with E-state index in [0.29, 0.717) is 0 Å². The molecule has 2 unspecified atom stereocenters. The quantitative estimate of drug-likeness (QED) is 0.773. The monoisotopic (exact) mass is 221 g/mol. The minimum Gasteiger partial charge on any atom is -0.391 e. The van der Waals surface area contributed by atoms with E-state index in [4.69, 9.17) is 0 Å². The van der Waals surface area contributed by atoms with E-state index in [1.54, 1.807) is 6.92 Å². The first-order valence-corrected chi connectivity index (χ1v) is 6.17. The molecule has 2 nitrogen and oxygen atoms in total. The topological polar surface area (TPSA) is 32.3 Å². The summed E-state index contributed by atoms with van der Waals surface area (Å²) < 4.78 is 0. The maximum atomic E-state index is 9.39. The highest BCUT2D eigenvalue weighted by molar-refractivity contribution is 5.45. The van der Waals surface area contributed by atoms with Crippen molar-refractivity contribution in [3.8, 4) is 0 Å². The molecule has 0 bridgehead atoms. The molecule has 0 aliphatic heterocycles. The predicted molar refractivity (Wildman–Crippen MR) is 69.8 cm³/mol. The highest BCUT2D eigenvalue weighted by Crippen LogP contribution is 2.13. The van der Waals surface area contributed by atoms with Crippen molar-refractivity contribution in [2.24, 2.45) is 0 Å². The Morgan fingerprint density at radius 3 is 2.31 bits per heavy atom. The molecule has 0 saturated carbocycles. The number of rotatable bonds is 6. The Labute approximate surface area is 98.7 Å². The molecule has 0 aliphatic carbocycles. The fourth-order valence-corrected chi connectivity index (χ4v) is 1.53. The van der Waals surface area contributed by atoms with Crippen LogP contribution in [0.4, 0.5) is 5.69 Å². The molecule has 2 N–H and O–H groups in total. The summed E-state index contributed by atoms with van der Waals surface area (Å²) in [7, 11) is 0. The van der Waals surface area contributed by atoms with Crippen LogP contribution in [0.5, 0.6) is 0 Å². The van der Waals surface area contributed by atoms with Gasteiger partial charge >= 0.3 is 0 Å². The summed E-state index contributed by atoms with van der Waals surface area (Å²) in [6.07, 6.45) is 3.30. The van der Waals surface area contributed by atoms with Gasteiger partial charge in [0.25, 0.3) is 0 Å². The lowest BCUT2D eigenvalue weighted by Gasteiger charge is -2.18. The van der Waals surface area contributed by atoms with Gasteiger partial charge < -0.3 is 10.4 Å². The minimum atomic E-state index is -0.334. The zero-order valence-corrected chi connectivity index (χ0v) is 10.5. The number of aliphatic hydroxyl groups excluding tert-OH is 1. The van der Waals surface area contributed by atoms with Crippen LogP contribution in [0.25, 0.3) is 0 Å². The highest BCUT2D eigenvalue weighted by Gasteiger charge is 2.07. The average Bonchev–Trinajstić information content (AvgIpc) is 2.28. The Hall–Kier alpha value is -1.02. The summed E-state index contributed by atoms with van der Waals surface area (Å²) >= 11 is 0. The molecule has 1 aromatic rings. The van der Waals surface area contributed by atoms with Crippen LogP contribution in [0.1, 0.15) is 39.2 Å². The van der Waals surface area contributed by atoms with Gasteiger partial charge in [-0.3, -0.25) is 0 Å². The van der Waals surface area contributed by atoms with E-state index in [0.717, 1.165) is 12.1 Å². The summed E-state index contributed by atoms with van der Waals surface area (Å²) in [6, 6.07) is 8.58. The molecule has 0 aliphatic rings. The van der Waals surface area contributed by atoms with Crippen molar-refractivity contribution in [3.05, 3.63) is 29.8 Å². The van der Waals surface area contributed by atoms with Crippen molar-refractivity contribution < 1.29 is 5.11 Å². The van der Waals surface area contributed by atoms with Crippen LogP contribution in [-0.2, 0) is 6.42 Å². The number of unbranched alkanes of at least 4 members (excludes halogenated alkanes) is 1. The number of aryl methyl sites for hydroxylation is 1. The third-order valence-corrected chi connectivity index (χ3v) is 2.89. The van der Waals surface area contributed by atoms with E-state index in [1.807, 2.05) is 6.92 Å². The van der Waals surface area contributed by atoms with E-state index < -0.39 is 0 Å². The lowest BCUT2D eigenvalue weighted by molar-refractivity contribution is 0.178. The van der Waals surface area contributed by atoms with Crippen LogP contribution in [0.3, 0.4) is 0 Å². The molecule has 0 spiro atoms. The van der Waals surface area contributed by atoms with Crippen molar-refractivity contribution in [3.63, 3.8) is 0 Å². The van der Waals surface area contributed by atoms with Crippen LogP contribution in [0.15, 0.2) is 24.3 Å². The number of nitrogens with one attached hydrogen (secondary N) is 1. The van der Waals surface area contributed by atoms with Gasteiger partial charge in [-0.25, -0.2) is 0 Å². The van der Waals surface area contributed by atoms with E-state index in [1.165, 1.54) is 18.4 Å². The maximum Gasteiger partial charge on any atom is 0.0710 e. The molecule has 16 heavy (non-hydrogen) atoms. The number of hydrogen-bond acceptors (Lipinski definition) is 2. The van der Waals surface area contributed by atoms with Crippen LogP contribution in [-0.4, -0.2) is 17.3 Å². The van der Waals surface area contributed by atoms with Crippen molar-refractivity contribution in [2.45, 2.75) is 52.2 Å². The molecule has 0 radical (unpaired) electrons. The molecule has 0 saturated heterocycles. The summed E-state index contributed by atoms with van der Waals surface area (Å²) in [4.78, 5) is 0. The third-order valence-electron chi connectivity index (χ3n) is 2.89. The van der Waals surface area contributed by atoms with E-state index in [9.17, 15) is 5.11 Å². The summed E-state index contributed by atoms with van der Waals surface area (Å²) in [5.74, 6) is 0. The second-order valence-corrected chi connectivity index (χ2v) is 4.47. The zero-order chi connectivity index (χ0) is 12.0. The zero-order valence-electron chi connectivity index (χ0n) is 10.5. The number of benzene rings is 1. The highest BCUT2D eigenvalue weighted by atomic mass is 16.3. The van der Waals surface area contributed by atoms with Gasteiger partial charge in [-0.15, -0.1) is 0 Å². The Balaban J connectivity index is 2.51. The minimum absolute atomic E-state index is 0.0847. The largest absolute Gasteiger partial charge is 0.391 e. The van der Waals surface area contributed by atoms with Gasteiger partial charge in [0.15, 0.2) is 0 Å². The van der Waals surface area contributed by atoms with E-state index in [-0.39, 0.29) is 12.1 Å². The molecular weight excluding hydrogens is 198 g/mol. The molecule has 90 valence electrons. The smallest absolute Gasteiger partial charge is 0.0710 e. The number of aliphatic hydroxyl groups is 1. The van der Waals surface area contributed by atoms with E-state index in [2.05, 4.69) is 36.5 Å². The van der Waals surface area contributed by atoms with E-state index >= 15 is 0 Å². The third kappa shape index (κ3) is 4.23. The van der Waals surface area contributed by atoms with Crippen LogP contribution in [0, 0.1) is 0 Å². The van der Waals surface area contributed by atoms with Crippen LogP contribution >= 0.6 is 0 Å². The van der Waals surface area contributed by atoms with Gasteiger partial charge in [-0.05, 0) is 44.4 Å². The first kappa shape index (κ1) is 13.0. The Bertz CT molecular complexity index is 292. The lowest BCUT2D eigenvalue weighted by Crippen LogP contribution is -2.27. The van der Waals surface area contributed by atoms with Crippen molar-refractivity contribution in [2.75, 3.05) is 5.32 Å². The number of hydrogen-bond donors (Lipinski definition) is 2. The van der Waals surface area contributed by atoms with Crippen molar-refractivity contribution in [1.29, 1.82) is 0 Å².